The fourth-order valence-electron chi connectivity index (χ4n) is 1.35. The van der Waals surface area contributed by atoms with Crippen LogP contribution in [0.15, 0.2) is 46.9 Å². The average Bonchev–Trinajstić information content (AvgIpc) is 2.77. The first kappa shape index (κ1) is 17.9. The Hall–Kier alpha value is -2.17. The van der Waals surface area contributed by atoms with Gasteiger partial charge in [0.2, 0.25) is 0 Å². The minimum atomic E-state index is -4.16. The minimum absolute atomic E-state index is 0.240. The molecule has 0 radical (unpaired) electrons. The van der Waals surface area contributed by atoms with Crippen LogP contribution in [0.1, 0.15) is 0 Å². The van der Waals surface area contributed by atoms with Gasteiger partial charge in [0.25, 0.3) is 0 Å². The number of halogens is 1. The molecular weight excluding hydrogens is 315 g/mol. The molecule has 0 bridgehead atoms. The van der Waals surface area contributed by atoms with E-state index in [2.05, 4.69) is 14.4 Å². The van der Waals surface area contributed by atoms with Gasteiger partial charge in [0.1, 0.15) is 5.69 Å². The zero-order chi connectivity index (χ0) is 16.8. The smallest absolute Gasteiger partial charge is 0.264 e. The number of aromatic nitrogens is 2. The van der Waals surface area contributed by atoms with Crippen molar-refractivity contribution in [3.8, 4) is 0 Å². The van der Waals surface area contributed by atoms with Gasteiger partial charge in [0.15, 0.2) is 5.82 Å². The van der Waals surface area contributed by atoms with Crippen LogP contribution in [0, 0.1) is 5.82 Å². The van der Waals surface area contributed by atoms with Crippen molar-refractivity contribution >= 4 is 22.0 Å². The SMILES string of the molecule is COS(=O)(=O)O.Cn1cc[n+](C)c1N=Nc1ccccc1F. The molecule has 0 amide bonds. The van der Waals surface area contributed by atoms with E-state index in [1.807, 2.05) is 35.6 Å². The molecule has 1 aromatic carbocycles. The van der Waals surface area contributed by atoms with Crippen LogP contribution >= 0.6 is 0 Å². The highest BCUT2D eigenvalue weighted by Gasteiger charge is 2.10. The molecule has 120 valence electrons. The van der Waals surface area contributed by atoms with E-state index in [-0.39, 0.29) is 11.5 Å². The van der Waals surface area contributed by atoms with E-state index >= 15 is 0 Å². The molecule has 0 spiro atoms. The fourth-order valence-corrected chi connectivity index (χ4v) is 1.35. The number of hydrogen-bond donors (Lipinski definition) is 1. The zero-order valence-corrected chi connectivity index (χ0v) is 13.0. The highest BCUT2D eigenvalue weighted by atomic mass is 32.3. The topological polar surface area (TPSA) is 97.1 Å². The summed E-state index contributed by atoms with van der Waals surface area (Å²) >= 11 is 0. The Bertz CT molecular complexity index is 739. The molecular formula is C12H16FN4O4S+. The molecule has 0 saturated carbocycles. The molecule has 1 aromatic heterocycles. The van der Waals surface area contributed by atoms with Crippen molar-refractivity contribution in [2.45, 2.75) is 0 Å². The van der Waals surface area contributed by atoms with Gasteiger partial charge in [0, 0.05) is 5.11 Å². The second kappa shape index (κ2) is 7.73. The molecule has 0 atom stereocenters. The van der Waals surface area contributed by atoms with E-state index in [0.29, 0.717) is 5.95 Å². The van der Waals surface area contributed by atoms with Gasteiger partial charge in [-0.3, -0.25) is 8.74 Å². The number of hydrogen-bond acceptors (Lipinski definition) is 5. The first-order chi connectivity index (χ1) is 10.2. The second-order valence-electron chi connectivity index (χ2n) is 4.07. The van der Waals surface area contributed by atoms with Gasteiger partial charge in [-0.2, -0.15) is 8.42 Å². The molecule has 2 aromatic rings. The Labute approximate surface area is 127 Å². The van der Waals surface area contributed by atoms with Crippen LogP contribution in [0.5, 0.6) is 0 Å². The number of nitrogens with zero attached hydrogens (tertiary/aromatic N) is 4. The Morgan fingerprint density at radius 2 is 1.91 bits per heavy atom. The normalized spacial score (nSPS) is 11.3. The Balaban J connectivity index is 0.000000346. The molecule has 0 fully saturated rings. The van der Waals surface area contributed by atoms with E-state index in [1.165, 1.54) is 6.07 Å². The number of azo groups is 1. The van der Waals surface area contributed by atoms with Crippen molar-refractivity contribution in [1.82, 2.24) is 4.57 Å². The third-order valence-electron chi connectivity index (χ3n) is 2.46. The van der Waals surface area contributed by atoms with Crippen LogP contribution < -0.4 is 4.57 Å². The van der Waals surface area contributed by atoms with Gasteiger partial charge in [0.05, 0.1) is 33.6 Å². The van der Waals surface area contributed by atoms with Gasteiger partial charge in [-0.1, -0.05) is 17.2 Å². The van der Waals surface area contributed by atoms with Crippen molar-refractivity contribution < 1.29 is 26.1 Å². The molecule has 1 heterocycles. The lowest BCUT2D eigenvalue weighted by Crippen LogP contribution is -2.25. The van der Waals surface area contributed by atoms with E-state index in [9.17, 15) is 12.8 Å². The van der Waals surface area contributed by atoms with Gasteiger partial charge in [-0.25, -0.2) is 13.5 Å². The van der Waals surface area contributed by atoms with E-state index in [1.54, 1.807) is 18.2 Å². The molecule has 0 aliphatic carbocycles. The summed E-state index contributed by atoms with van der Waals surface area (Å²) < 4.78 is 46.6. The first-order valence-electron chi connectivity index (χ1n) is 5.95. The molecule has 0 unspecified atom stereocenters. The predicted octanol–water partition coefficient (Wildman–Crippen LogP) is 1.84. The largest absolute Gasteiger partial charge is 0.421 e. The van der Waals surface area contributed by atoms with Crippen LogP contribution in [0.4, 0.5) is 16.0 Å². The summed E-state index contributed by atoms with van der Waals surface area (Å²) in [7, 11) is 0.422. The maximum atomic E-state index is 13.3. The number of rotatable bonds is 3. The lowest BCUT2D eigenvalue weighted by molar-refractivity contribution is -0.657. The number of aryl methyl sites for hydroxylation is 2. The Morgan fingerprint density at radius 1 is 1.32 bits per heavy atom. The van der Waals surface area contributed by atoms with Crippen LogP contribution in [0.2, 0.25) is 0 Å². The molecule has 8 nitrogen and oxygen atoms in total. The van der Waals surface area contributed by atoms with Crippen LogP contribution in [0.25, 0.3) is 0 Å². The monoisotopic (exact) mass is 331 g/mol. The maximum absolute atomic E-state index is 13.3. The van der Waals surface area contributed by atoms with Crippen molar-refractivity contribution in [2.75, 3.05) is 7.11 Å². The van der Waals surface area contributed by atoms with Gasteiger partial charge in [-0.05, 0) is 12.1 Å². The van der Waals surface area contributed by atoms with Crippen LogP contribution in [-0.4, -0.2) is 24.6 Å². The second-order valence-corrected chi connectivity index (χ2v) is 5.25. The van der Waals surface area contributed by atoms with Crippen molar-refractivity contribution in [3.63, 3.8) is 0 Å². The van der Waals surface area contributed by atoms with Crippen molar-refractivity contribution in [3.05, 3.63) is 42.5 Å². The summed E-state index contributed by atoms with van der Waals surface area (Å²) in [6, 6.07) is 6.29. The third-order valence-corrected chi connectivity index (χ3v) is 2.88. The molecule has 1 N–H and O–H groups in total. The standard InChI is InChI=1S/C11H12FN4.CH4O4S/c1-15-7-8-16(2)11(15)14-13-10-6-4-3-5-9(10)12;1-5-6(2,3)4/h3-8H,1-2H3;1H3,(H,2,3,4)/q+1;. The number of imidazole rings is 1. The van der Waals surface area contributed by atoms with Gasteiger partial charge in [-0.15, -0.1) is 0 Å². The maximum Gasteiger partial charge on any atom is 0.421 e. The molecule has 22 heavy (non-hydrogen) atoms. The highest BCUT2D eigenvalue weighted by Crippen LogP contribution is 2.18. The summed E-state index contributed by atoms with van der Waals surface area (Å²) in [6.07, 6.45) is 3.71. The van der Waals surface area contributed by atoms with Crippen molar-refractivity contribution in [2.24, 2.45) is 24.3 Å². The molecule has 10 heteroatoms. The first-order valence-corrected chi connectivity index (χ1v) is 7.31. The molecule has 0 aliphatic rings. The lowest BCUT2D eigenvalue weighted by atomic mass is 10.3. The van der Waals surface area contributed by atoms with Crippen molar-refractivity contribution in [1.29, 1.82) is 0 Å². The summed E-state index contributed by atoms with van der Waals surface area (Å²) in [5.74, 6) is 0.284. The summed E-state index contributed by atoms with van der Waals surface area (Å²) in [4.78, 5) is 0. The highest BCUT2D eigenvalue weighted by molar-refractivity contribution is 7.80. The van der Waals surface area contributed by atoms with Crippen LogP contribution in [0.3, 0.4) is 0 Å². The quantitative estimate of drug-likeness (QED) is 0.527. The summed E-state index contributed by atoms with van der Waals surface area (Å²) in [5, 5.41) is 7.89. The molecule has 2 rings (SSSR count). The molecule has 0 saturated heterocycles. The van der Waals surface area contributed by atoms with Gasteiger partial charge >= 0.3 is 16.3 Å². The Kier molecular flexibility index (Phi) is 6.28. The lowest BCUT2D eigenvalue weighted by Gasteiger charge is -1.91. The minimum Gasteiger partial charge on any atom is -0.264 e. The summed E-state index contributed by atoms with van der Waals surface area (Å²) in [6.45, 7) is 0. The number of benzene rings is 1. The Morgan fingerprint density at radius 3 is 2.36 bits per heavy atom. The molecule has 0 aliphatic heterocycles. The summed E-state index contributed by atoms with van der Waals surface area (Å²) in [5.41, 5.74) is 0.240. The average molecular weight is 331 g/mol. The zero-order valence-electron chi connectivity index (χ0n) is 12.2. The fraction of sp³-hybridized carbons (Fsp3) is 0.250. The predicted molar refractivity (Wildman–Crippen MR) is 75.7 cm³/mol. The van der Waals surface area contributed by atoms with E-state index in [0.717, 1.165) is 7.11 Å². The van der Waals surface area contributed by atoms with E-state index < -0.39 is 10.4 Å². The van der Waals surface area contributed by atoms with Gasteiger partial charge < -0.3 is 0 Å². The third kappa shape index (κ3) is 5.68. The van der Waals surface area contributed by atoms with E-state index in [4.69, 9.17) is 4.55 Å². The van der Waals surface area contributed by atoms with Crippen LogP contribution in [-0.2, 0) is 28.7 Å².